The van der Waals surface area contributed by atoms with Crippen LogP contribution in [-0.4, -0.2) is 20.9 Å². The number of hydrogen-bond acceptors (Lipinski definition) is 5. The highest BCUT2D eigenvalue weighted by Crippen LogP contribution is 2.19. The Morgan fingerprint density at radius 3 is 2.45 bits per heavy atom. The second-order valence-corrected chi connectivity index (χ2v) is 8.30. The molecule has 0 aliphatic rings. The number of aromatic nitrogens is 2. The van der Waals surface area contributed by atoms with E-state index in [2.05, 4.69) is 10.6 Å². The van der Waals surface area contributed by atoms with Gasteiger partial charge < -0.3 is 10.6 Å². The quantitative estimate of drug-likeness (QED) is 0.471. The third kappa shape index (κ3) is 4.46. The Labute approximate surface area is 190 Å². The van der Waals surface area contributed by atoms with Crippen LogP contribution in [0, 0.1) is 12.7 Å². The first-order valence-electron chi connectivity index (χ1n) is 9.91. The van der Waals surface area contributed by atoms with Crippen molar-refractivity contribution in [2.45, 2.75) is 20.4 Å². The lowest BCUT2D eigenvalue weighted by molar-refractivity contribution is -0.117. The van der Waals surface area contributed by atoms with Crippen molar-refractivity contribution in [2.24, 2.45) is 0 Å². The third-order valence-corrected chi connectivity index (χ3v) is 5.81. The highest BCUT2D eigenvalue weighted by atomic mass is 32.1. The predicted molar refractivity (Wildman–Crippen MR) is 126 cm³/mol. The second kappa shape index (κ2) is 8.83. The van der Waals surface area contributed by atoms with Crippen LogP contribution in [0.4, 0.5) is 15.8 Å². The molecule has 168 valence electrons. The molecule has 0 fully saturated rings. The molecule has 0 aliphatic heterocycles. The molecule has 0 saturated heterocycles. The lowest BCUT2D eigenvalue weighted by Crippen LogP contribution is -2.40. The molecule has 2 N–H and O–H groups in total. The van der Waals surface area contributed by atoms with Gasteiger partial charge in [0.2, 0.25) is 11.8 Å². The number of thiophene rings is 1. The summed E-state index contributed by atoms with van der Waals surface area (Å²) in [6, 6.07) is 12.0. The van der Waals surface area contributed by atoms with Crippen molar-refractivity contribution in [3.05, 3.63) is 86.1 Å². The fourth-order valence-electron chi connectivity index (χ4n) is 3.54. The SMILES string of the molecule is CC(=O)Nc1cccc(NC(=O)Cn2c(=O)n(-c3ccc(F)cc3C)c(=O)c3sccc32)c1. The molecular weight excluding hydrogens is 447 g/mol. The van der Waals surface area contributed by atoms with Gasteiger partial charge in [-0.3, -0.25) is 19.0 Å². The number of hydrogen-bond donors (Lipinski definition) is 2. The normalized spacial score (nSPS) is 10.9. The van der Waals surface area contributed by atoms with Crippen LogP contribution < -0.4 is 21.9 Å². The van der Waals surface area contributed by atoms with Gasteiger partial charge in [-0.2, -0.15) is 0 Å². The van der Waals surface area contributed by atoms with Crippen LogP contribution in [0.3, 0.4) is 0 Å². The summed E-state index contributed by atoms with van der Waals surface area (Å²) in [4.78, 5) is 50.4. The van der Waals surface area contributed by atoms with Gasteiger partial charge in [-0.15, -0.1) is 11.3 Å². The van der Waals surface area contributed by atoms with E-state index in [0.29, 0.717) is 27.2 Å². The van der Waals surface area contributed by atoms with E-state index in [1.54, 1.807) is 42.6 Å². The van der Waals surface area contributed by atoms with Crippen molar-refractivity contribution < 1.29 is 14.0 Å². The Hall–Kier alpha value is -4.05. The average Bonchev–Trinajstić information content (AvgIpc) is 3.22. The van der Waals surface area contributed by atoms with E-state index in [-0.39, 0.29) is 18.1 Å². The highest BCUT2D eigenvalue weighted by Gasteiger charge is 2.19. The average molecular weight is 466 g/mol. The highest BCUT2D eigenvalue weighted by molar-refractivity contribution is 7.17. The molecule has 0 aliphatic carbocycles. The van der Waals surface area contributed by atoms with Crippen LogP contribution in [0.1, 0.15) is 12.5 Å². The zero-order valence-electron chi connectivity index (χ0n) is 17.7. The van der Waals surface area contributed by atoms with Crippen LogP contribution in [0.5, 0.6) is 0 Å². The van der Waals surface area contributed by atoms with Crippen molar-refractivity contribution in [3.63, 3.8) is 0 Å². The summed E-state index contributed by atoms with van der Waals surface area (Å²) in [6.45, 7) is 2.63. The summed E-state index contributed by atoms with van der Waals surface area (Å²) in [5.41, 5.74) is 0.714. The number of nitrogens with zero attached hydrogens (tertiary/aromatic N) is 2. The van der Waals surface area contributed by atoms with Crippen LogP contribution in [0.2, 0.25) is 0 Å². The molecule has 2 aromatic carbocycles. The van der Waals surface area contributed by atoms with Gasteiger partial charge in [-0.1, -0.05) is 6.07 Å². The number of nitrogens with one attached hydrogen (secondary N) is 2. The Morgan fingerprint density at radius 2 is 1.76 bits per heavy atom. The van der Waals surface area contributed by atoms with Gasteiger partial charge in [0.15, 0.2) is 0 Å². The molecule has 2 amide bonds. The van der Waals surface area contributed by atoms with Crippen LogP contribution >= 0.6 is 11.3 Å². The van der Waals surface area contributed by atoms with E-state index < -0.39 is 23.0 Å². The number of carbonyl (C=O) groups excluding carboxylic acids is 2. The van der Waals surface area contributed by atoms with Crippen LogP contribution in [-0.2, 0) is 16.1 Å². The molecule has 0 saturated carbocycles. The number of benzene rings is 2. The zero-order valence-corrected chi connectivity index (χ0v) is 18.5. The molecule has 0 bridgehead atoms. The maximum atomic E-state index is 13.6. The summed E-state index contributed by atoms with van der Waals surface area (Å²) in [5, 5.41) is 6.99. The standard InChI is InChI=1S/C23H19FN4O4S/c1-13-10-15(24)6-7-18(13)28-22(31)21-19(8-9-33-21)27(23(28)32)12-20(30)26-17-5-3-4-16(11-17)25-14(2)29/h3-11H,12H2,1-2H3,(H,25,29)(H,26,30). The van der Waals surface area contributed by atoms with Crippen molar-refractivity contribution in [2.75, 3.05) is 10.6 Å². The Kier molecular flexibility index (Phi) is 5.93. The molecule has 0 atom stereocenters. The molecule has 8 nitrogen and oxygen atoms in total. The molecule has 0 spiro atoms. The van der Waals surface area contributed by atoms with Crippen molar-refractivity contribution in [3.8, 4) is 5.69 Å². The maximum absolute atomic E-state index is 13.6. The topological polar surface area (TPSA) is 102 Å². The molecule has 0 unspecified atom stereocenters. The molecule has 33 heavy (non-hydrogen) atoms. The fourth-order valence-corrected chi connectivity index (χ4v) is 4.37. The number of rotatable bonds is 5. The predicted octanol–water partition coefficient (Wildman–Crippen LogP) is 3.26. The summed E-state index contributed by atoms with van der Waals surface area (Å²) < 4.78 is 16.1. The van der Waals surface area contributed by atoms with Crippen molar-refractivity contribution in [1.82, 2.24) is 9.13 Å². The summed E-state index contributed by atoms with van der Waals surface area (Å²) in [5.74, 6) is -1.23. The maximum Gasteiger partial charge on any atom is 0.336 e. The van der Waals surface area contributed by atoms with E-state index in [4.69, 9.17) is 0 Å². The third-order valence-electron chi connectivity index (χ3n) is 4.92. The first kappa shape index (κ1) is 22.2. The van der Waals surface area contributed by atoms with E-state index in [9.17, 15) is 23.6 Å². The van der Waals surface area contributed by atoms with Gasteiger partial charge in [0.25, 0.3) is 5.56 Å². The molecule has 4 rings (SSSR count). The van der Waals surface area contributed by atoms with Gasteiger partial charge in [0.05, 0.1) is 11.2 Å². The number of halogens is 1. The van der Waals surface area contributed by atoms with Gasteiger partial charge in [0.1, 0.15) is 17.1 Å². The Morgan fingerprint density at radius 1 is 1.03 bits per heavy atom. The number of anilines is 2. The molecule has 0 radical (unpaired) electrons. The van der Waals surface area contributed by atoms with Gasteiger partial charge >= 0.3 is 5.69 Å². The minimum atomic E-state index is -0.706. The number of carbonyl (C=O) groups is 2. The number of amides is 2. The monoisotopic (exact) mass is 466 g/mol. The largest absolute Gasteiger partial charge is 0.336 e. The van der Waals surface area contributed by atoms with Crippen molar-refractivity contribution >= 4 is 44.7 Å². The van der Waals surface area contributed by atoms with Crippen LogP contribution in [0.25, 0.3) is 15.9 Å². The van der Waals surface area contributed by atoms with Gasteiger partial charge in [-0.25, -0.2) is 13.8 Å². The Balaban J connectivity index is 1.73. The fraction of sp³-hybridized carbons (Fsp3) is 0.130. The first-order valence-corrected chi connectivity index (χ1v) is 10.8. The smallest absolute Gasteiger partial charge is 0.326 e. The van der Waals surface area contributed by atoms with Crippen molar-refractivity contribution in [1.29, 1.82) is 0 Å². The van der Waals surface area contributed by atoms with E-state index in [1.165, 1.54) is 29.7 Å². The summed E-state index contributed by atoms with van der Waals surface area (Å²) in [6.07, 6.45) is 0. The number of fused-ring (bicyclic) bond motifs is 1. The minimum Gasteiger partial charge on any atom is -0.326 e. The lowest BCUT2D eigenvalue weighted by atomic mass is 10.2. The van der Waals surface area contributed by atoms with E-state index in [0.717, 1.165) is 15.9 Å². The van der Waals surface area contributed by atoms with E-state index >= 15 is 0 Å². The molecule has 10 heteroatoms. The van der Waals surface area contributed by atoms with Gasteiger partial charge in [0, 0.05) is 18.3 Å². The van der Waals surface area contributed by atoms with E-state index in [1.807, 2.05) is 0 Å². The number of aryl methyl sites for hydroxylation is 1. The Bertz CT molecular complexity index is 1520. The summed E-state index contributed by atoms with van der Waals surface area (Å²) in [7, 11) is 0. The molecule has 4 aromatic rings. The second-order valence-electron chi connectivity index (χ2n) is 7.39. The minimum absolute atomic E-state index is 0.247. The molecule has 2 heterocycles. The molecule has 2 aromatic heterocycles. The van der Waals surface area contributed by atoms with Gasteiger partial charge in [-0.05, 0) is 60.3 Å². The van der Waals surface area contributed by atoms with Crippen LogP contribution in [0.15, 0.2) is 63.5 Å². The molecular formula is C23H19FN4O4S. The first-order chi connectivity index (χ1) is 15.7. The zero-order chi connectivity index (χ0) is 23.7. The summed E-state index contributed by atoms with van der Waals surface area (Å²) >= 11 is 1.15. The lowest BCUT2D eigenvalue weighted by Gasteiger charge is -2.14.